The van der Waals surface area contributed by atoms with Crippen LogP contribution in [0.25, 0.3) is 0 Å². The van der Waals surface area contributed by atoms with Crippen molar-refractivity contribution in [1.29, 1.82) is 5.26 Å². The zero-order valence-electron chi connectivity index (χ0n) is 12.0. The van der Waals surface area contributed by atoms with Crippen molar-refractivity contribution in [2.45, 2.75) is 25.9 Å². The maximum Gasteiger partial charge on any atom is 0.348 e. The number of hydrogen-bond acceptors (Lipinski definition) is 5. The van der Waals surface area contributed by atoms with E-state index in [1.54, 1.807) is 33.1 Å². The number of nitrogens with zero attached hydrogens (tertiary/aromatic N) is 1. The summed E-state index contributed by atoms with van der Waals surface area (Å²) in [5.41, 5.74) is 0.0766. The Balaban J connectivity index is 2.88. The van der Waals surface area contributed by atoms with Gasteiger partial charge in [0.25, 0.3) is 0 Å². The first kappa shape index (κ1) is 16.7. The average molecular weight is 297 g/mol. The monoisotopic (exact) mass is 297 g/mol. The molecule has 6 heteroatoms. The Morgan fingerprint density at radius 1 is 1.20 bits per heavy atom. The average Bonchev–Trinajstić information content (AvgIpc) is 2.45. The highest BCUT2D eigenvalue weighted by atomic mass is 31.2. The summed E-state index contributed by atoms with van der Waals surface area (Å²) in [4.78, 5) is 0. The zero-order chi connectivity index (χ0) is 15.0. The molecule has 0 N–H and O–H groups in total. The van der Waals surface area contributed by atoms with Crippen LogP contribution in [0.15, 0.2) is 24.3 Å². The quantitative estimate of drug-likeness (QED) is 0.688. The Labute approximate surface area is 120 Å². The second kappa shape index (κ2) is 8.06. The smallest absolute Gasteiger partial charge is 0.348 e. The van der Waals surface area contributed by atoms with Gasteiger partial charge in [-0.3, -0.25) is 4.57 Å². The molecular weight excluding hydrogens is 277 g/mol. The van der Waals surface area contributed by atoms with E-state index in [9.17, 15) is 9.83 Å². The number of ether oxygens (including phenoxy) is 1. The van der Waals surface area contributed by atoms with E-state index in [0.29, 0.717) is 6.42 Å². The van der Waals surface area contributed by atoms with Crippen molar-refractivity contribution in [3.8, 4) is 11.8 Å². The van der Waals surface area contributed by atoms with Crippen LogP contribution in [-0.2, 0) is 20.0 Å². The van der Waals surface area contributed by atoms with Gasteiger partial charge >= 0.3 is 7.60 Å². The third-order valence-electron chi connectivity index (χ3n) is 2.74. The molecule has 0 spiro atoms. The molecule has 0 amide bonds. The van der Waals surface area contributed by atoms with Crippen molar-refractivity contribution in [3.63, 3.8) is 0 Å². The fourth-order valence-corrected chi connectivity index (χ4v) is 3.52. The summed E-state index contributed by atoms with van der Waals surface area (Å²) >= 11 is 0. The van der Waals surface area contributed by atoms with E-state index in [2.05, 4.69) is 0 Å². The number of methoxy groups -OCH3 is 1. The molecule has 5 nitrogen and oxygen atoms in total. The summed E-state index contributed by atoms with van der Waals surface area (Å²) in [6.07, 6.45) is 0.317. The summed E-state index contributed by atoms with van der Waals surface area (Å²) in [6, 6.07) is 9.33. The maximum atomic E-state index is 12.6. The molecule has 1 aromatic rings. The van der Waals surface area contributed by atoms with Gasteiger partial charge in [-0.05, 0) is 38.0 Å². The maximum absolute atomic E-state index is 12.6. The van der Waals surface area contributed by atoms with E-state index < -0.39 is 13.3 Å². The summed E-state index contributed by atoms with van der Waals surface area (Å²) in [7, 11) is -1.82. The van der Waals surface area contributed by atoms with E-state index in [1.165, 1.54) is 0 Å². The van der Waals surface area contributed by atoms with Crippen molar-refractivity contribution in [2.75, 3.05) is 20.3 Å². The van der Waals surface area contributed by atoms with Gasteiger partial charge in [0.2, 0.25) is 0 Å². The summed E-state index contributed by atoms with van der Waals surface area (Å²) in [5.74, 6) is 0.736. The van der Waals surface area contributed by atoms with Crippen molar-refractivity contribution >= 4 is 7.60 Å². The number of benzene rings is 1. The minimum atomic E-state index is -3.41. The van der Waals surface area contributed by atoms with Crippen LogP contribution in [-0.4, -0.2) is 26.0 Å². The highest BCUT2D eigenvalue weighted by Crippen LogP contribution is 2.53. The van der Waals surface area contributed by atoms with Gasteiger partial charge in [-0.15, -0.1) is 0 Å². The molecule has 0 radical (unpaired) electrons. The van der Waals surface area contributed by atoms with Crippen LogP contribution >= 0.6 is 7.60 Å². The SMILES string of the molecule is CCOP(=O)(OCC)[C@H](C#N)Cc1ccc(OC)cc1. The van der Waals surface area contributed by atoms with Gasteiger partial charge in [0.15, 0.2) is 5.66 Å². The van der Waals surface area contributed by atoms with Crippen molar-refractivity contribution in [2.24, 2.45) is 0 Å². The first-order chi connectivity index (χ1) is 9.59. The Bertz CT molecular complexity index is 485. The van der Waals surface area contributed by atoms with E-state index >= 15 is 0 Å². The van der Waals surface area contributed by atoms with Crippen LogP contribution in [0.2, 0.25) is 0 Å². The molecule has 0 aliphatic heterocycles. The van der Waals surface area contributed by atoms with Gasteiger partial charge in [-0.2, -0.15) is 5.26 Å². The minimum Gasteiger partial charge on any atom is -0.497 e. The van der Waals surface area contributed by atoms with Crippen LogP contribution in [0.1, 0.15) is 19.4 Å². The molecule has 20 heavy (non-hydrogen) atoms. The molecule has 1 rings (SSSR count). The topological polar surface area (TPSA) is 68.5 Å². The minimum absolute atomic E-state index is 0.248. The Morgan fingerprint density at radius 3 is 2.15 bits per heavy atom. The lowest BCUT2D eigenvalue weighted by atomic mass is 10.1. The van der Waals surface area contributed by atoms with Crippen LogP contribution < -0.4 is 4.74 Å². The molecular formula is C14H20NO4P. The molecule has 0 saturated carbocycles. The Kier molecular flexibility index (Phi) is 6.74. The lowest BCUT2D eigenvalue weighted by Crippen LogP contribution is -2.14. The second-order valence-electron chi connectivity index (χ2n) is 4.07. The zero-order valence-corrected chi connectivity index (χ0v) is 12.9. The van der Waals surface area contributed by atoms with Gasteiger partial charge in [0, 0.05) is 0 Å². The normalized spacial score (nSPS) is 12.7. The van der Waals surface area contributed by atoms with E-state index in [0.717, 1.165) is 11.3 Å². The van der Waals surface area contributed by atoms with Crippen molar-refractivity contribution in [3.05, 3.63) is 29.8 Å². The third-order valence-corrected chi connectivity index (χ3v) is 5.03. The number of hydrogen-bond donors (Lipinski definition) is 0. The Morgan fingerprint density at radius 2 is 1.75 bits per heavy atom. The highest BCUT2D eigenvalue weighted by molar-refractivity contribution is 7.55. The Hall–Kier alpha value is -1.34. The first-order valence-corrected chi connectivity index (χ1v) is 8.12. The molecule has 0 saturated heterocycles. The standard InChI is InChI=1S/C14H20NO4P/c1-4-18-20(16,19-5-2)14(11-15)10-12-6-8-13(17-3)9-7-12/h6-9,14H,4-5,10H2,1-3H3/t14-/m0/s1. The second-order valence-corrected chi connectivity index (χ2v) is 6.29. The van der Waals surface area contributed by atoms with E-state index in [-0.39, 0.29) is 13.2 Å². The summed E-state index contributed by atoms with van der Waals surface area (Å²) in [6.45, 7) is 3.96. The fraction of sp³-hybridized carbons (Fsp3) is 0.500. The summed E-state index contributed by atoms with van der Waals surface area (Å²) in [5, 5.41) is 9.27. The molecule has 0 fully saturated rings. The first-order valence-electron chi connectivity index (χ1n) is 6.51. The number of nitriles is 1. The van der Waals surface area contributed by atoms with E-state index in [4.69, 9.17) is 13.8 Å². The van der Waals surface area contributed by atoms with Crippen LogP contribution in [0.3, 0.4) is 0 Å². The summed E-state index contributed by atoms with van der Waals surface area (Å²) < 4.78 is 28.1. The van der Waals surface area contributed by atoms with Crippen LogP contribution in [0.5, 0.6) is 5.75 Å². The predicted molar refractivity (Wildman–Crippen MR) is 77.0 cm³/mol. The molecule has 110 valence electrons. The third kappa shape index (κ3) is 4.35. The molecule has 0 aliphatic carbocycles. The molecule has 1 atom stereocenters. The van der Waals surface area contributed by atoms with Crippen molar-refractivity contribution < 1.29 is 18.3 Å². The lowest BCUT2D eigenvalue weighted by Gasteiger charge is -2.21. The molecule has 0 aliphatic rings. The largest absolute Gasteiger partial charge is 0.497 e. The predicted octanol–water partition coefficient (Wildman–Crippen LogP) is 3.40. The van der Waals surface area contributed by atoms with Crippen LogP contribution in [0.4, 0.5) is 0 Å². The molecule has 0 heterocycles. The molecule has 0 bridgehead atoms. The fourth-order valence-electron chi connectivity index (χ4n) is 1.79. The van der Waals surface area contributed by atoms with Crippen LogP contribution in [0, 0.1) is 11.3 Å². The van der Waals surface area contributed by atoms with Gasteiger partial charge in [-0.25, -0.2) is 0 Å². The van der Waals surface area contributed by atoms with Gasteiger partial charge in [0.05, 0.1) is 26.4 Å². The lowest BCUT2D eigenvalue weighted by molar-refractivity contribution is 0.216. The van der Waals surface area contributed by atoms with Gasteiger partial charge < -0.3 is 13.8 Å². The van der Waals surface area contributed by atoms with E-state index in [1.807, 2.05) is 18.2 Å². The molecule has 0 aromatic heterocycles. The van der Waals surface area contributed by atoms with Gasteiger partial charge in [0.1, 0.15) is 5.75 Å². The van der Waals surface area contributed by atoms with Crippen molar-refractivity contribution in [1.82, 2.24) is 0 Å². The van der Waals surface area contributed by atoms with Gasteiger partial charge in [-0.1, -0.05) is 12.1 Å². The highest BCUT2D eigenvalue weighted by Gasteiger charge is 2.35. The molecule has 0 unspecified atom stereocenters. The molecule has 1 aromatic carbocycles. The number of rotatable bonds is 8.